The number of carbonyl (C=O) groups is 1. The fourth-order valence-corrected chi connectivity index (χ4v) is 5.66. The third-order valence-electron chi connectivity index (χ3n) is 7.83. The molecule has 3 aliphatic heterocycles. The molecule has 0 bridgehead atoms. The number of imidazole rings is 1. The predicted octanol–water partition coefficient (Wildman–Crippen LogP) is 2.06. The zero-order valence-corrected chi connectivity index (χ0v) is 21.3. The number of aromatic nitrogens is 2. The molecule has 4 aliphatic rings. The van der Waals surface area contributed by atoms with E-state index in [2.05, 4.69) is 38.8 Å². The van der Waals surface area contributed by atoms with Crippen molar-refractivity contribution >= 4 is 29.1 Å². The average molecular weight is 517 g/mol. The fraction of sp³-hybridized carbons (Fsp3) is 0.407. The van der Waals surface area contributed by atoms with Crippen LogP contribution in [-0.4, -0.2) is 69.5 Å². The summed E-state index contributed by atoms with van der Waals surface area (Å²) < 4.78 is 22.5. The van der Waals surface area contributed by atoms with E-state index in [1.807, 2.05) is 11.5 Å². The van der Waals surface area contributed by atoms with Crippen molar-refractivity contribution in [3.8, 4) is 11.8 Å². The van der Waals surface area contributed by atoms with E-state index in [1.54, 1.807) is 29.4 Å². The maximum Gasteiger partial charge on any atom is 0.246 e. The van der Waals surface area contributed by atoms with Crippen LogP contribution in [0.1, 0.15) is 37.8 Å². The summed E-state index contributed by atoms with van der Waals surface area (Å²) in [6.07, 6.45) is 7.33. The summed E-state index contributed by atoms with van der Waals surface area (Å²) in [5, 5.41) is 9.76. The molecule has 6 rings (SSSR count). The summed E-state index contributed by atoms with van der Waals surface area (Å²) in [4.78, 5) is 23.0. The number of hydrazone groups is 1. The second-order valence-corrected chi connectivity index (χ2v) is 10.2. The normalized spacial score (nSPS) is 26.2. The third kappa shape index (κ3) is 3.83. The molecule has 1 saturated carbocycles. The zero-order valence-electron chi connectivity index (χ0n) is 21.3. The summed E-state index contributed by atoms with van der Waals surface area (Å²) in [6, 6.07) is 3.47. The molecule has 1 aromatic heterocycles. The summed E-state index contributed by atoms with van der Waals surface area (Å²) in [5.74, 6) is 5.69. The van der Waals surface area contributed by atoms with Gasteiger partial charge in [0, 0.05) is 31.7 Å². The van der Waals surface area contributed by atoms with Crippen LogP contribution in [-0.2, 0) is 9.53 Å². The Kier molecular flexibility index (Phi) is 5.72. The van der Waals surface area contributed by atoms with Crippen molar-refractivity contribution < 1.29 is 13.9 Å². The lowest BCUT2D eigenvalue weighted by atomic mass is 9.91. The Morgan fingerprint density at radius 2 is 2.21 bits per heavy atom. The first-order chi connectivity index (χ1) is 18.3. The number of amides is 1. The first kappa shape index (κ1) is 24.2. The van der Waals surface area contributed by atoms with Crippen LogP contribution in [0.3, 0.4) is 0 Å². The smallest absolute Gasteiger partial charge is 0.246 e. The molecule has 2 aromatic rings. The van der Waals surface area contributed by atoms with Crippen molar-refractivity contribution in [1.82, 2.24) is 24.8 Å². The zero-order chi connectivity index (χ0) is 26.6. The van der Waals surface area contributed by atoms with Crippen molar-refractivity contribution in [2.45, 2.75) is 43.9 Å². The highest BCUT2D eigenvalue weighted by atomic mass is 19.1. The number of hydrogen-bond acceptors (Lipinski definition) is 8. The van der Waals surface area contributed by atoms with Crippen molar-refractivity contribution in [2.24, 2.45) is 21.7 Å². The van der Waals surface area contributed by atoms with Crippen LogP contribution in [0.2, 0.25) is 0 Å². The Bertz CT molecular complexity index is 1490. The van der Waals surface area contributed by atoms with Gasteiger partial charge in [-0.3, -0.25) is 4.79 Å². The van der Waals surface area contributed by atoms with Crippen LogP contribution in [0.5, 0.6) is 0 Å². The van der Waals surface area contributed by atoms with Gasteiger partial charge in [0.15, 0.2) is 5.84 Å². The van der Waals surface area contributed by atoms with E-state index in [1.165, 1.54) is 18.5 Å². The molecule has 1 amide bonds. The van der Waals surface area contributed by atoms with Gasteiger partial charge in [-0.2, -0.15) is 5.10 Å². The first-order valence-electron chi connectivity index (χ1n) is 12.6. The third-order valence-corrected chi connectivity index (χ3v) is 7.83. The van der Waals surface area contributed by atoms with Crippen LogP contribution in [0.25, 0.3) is 11.0 Å². The predicted molar refractivity (Wildman–Crippen MR) is 141 cm³/mol. The molecule has 10 nitrogen and oxygen atoms in total. The molecule has 1 saturated heterocycles. The molecular formula is C27H29FN8O2. The van der Waals surface area contributed by atoms with Gasteiger partial charge in [-0.1, -0.05) is 12.5 Å². The number of nitrogens with two attached hydrogens (primary N) is 1. The van der Waals surface area contributed by atoms with Crippen molar-refractivity contribution in [1.29, 1.82) is 0 Å². The Labute approximate surface area is 219 Å². The number of rotatable bonds is 5. The average Bonchev–Trinajstić information content (AvgIpc) is 3.40. The van der Waals surface area contributed by atoms with Gasteiger partial charge in [-0.15, -0.1) is 0 Å². The molecule has 1 unspecified atom stereocenters. The monoisotopic (exact) mass is 516 g/mol. The van der Waals surface area contributed by atoms with Crippen LogP contribution in [0.4, 0.5) is 4.39 Å². The molecule has 3 atom stereocenters. The number of ether oxygens (including phenoxy) is 1. The lowest BCUT2D eigenvalue weighted by Crippen LogP contribution is -2.55. The number of benzene rings is 1. The number of methoxy groups -OCH3 is 1. The number of allylic oxidation sites excluding steroid dienone is 1. The maximum atomic E-state index is 15.1. The summed E-state index contributed by atoms with van der Waals surface area (Å²) in [6.45, 7) is 6.51. The number of nitrogens with one attached hydrogen (secondary N) is 1. The van der Waals surface area contributed by atoms with E-state index in [4.69, 9.17) is 10.5 Å². The molecule has 1 aliphatic carbocycles. The SMILES string of the molecule is C=CC(=O)N1C[C@H](C2(C)NC(C#Cc3cc4ncn(C5CC5)c4cc3F)=C3C(N)=NC=NN32)C[C@@H]1COC. The highest BCUT2D eigenvalue weighted by Crippen LogP contribution is 2.41. The summed E-state index contributed by atoms with van der Waals surface area (Å²) in [5.41, 5.74) is 8.26. The Hall–Kier alpha value is -4.17. The van der Waals surface area contributed by atoms with Gasteiger partial charge in [0.05, 0.1) is 35.6 Å². The second-order valence-electron chi connectivity index (χ2n) is 10.2. The Balaban J connectivity index is 1.33. The van der Waals surface area contributed by atoms with Gasteiger partial charge in [0.1, 0.15) is 29.2 Å². The highest BCUT2D eigenvalue weighted by molar-refractivity contribution is 6.03. The minimum Gasteiger partial charge on any atom is -0.383 e. The summed E-state index contributed by atoms with van der Waals surface area (Å²) in [7, 11) is 1.62. The molecule has 3 N–H and O–H groups in total. The van der Waals surface area contributed by atoms with E-state index in [9.17, 15) is 4.79 Å². The number of carbonyl (C=O) groups excluding carboxylic acids is 1. The van der Waals surface area contributed by atoms with Crippen LogP contribution >= 0.6 is 0 Å². The fourth-order valence-electron chi connectivity index (χ4n) is 5.66. The number of likely N-dealkylation sites (tertiary alicyclic amines) is 1. The largest absolute Gasteiger partial charge is 0.383 e. The molecule has 38 heavy (non-hydrogen) atoms. The number of hydrogen-bond donors (Lipinski definition) is 2. The van der Waals surface area contributed by atoms with Crippen molar-refractivity contribution in [3.63, 3.8) is 0 Å². The Morgan fingerprint density at radius 1 is 1.39 bits per heavy atom. The van der Waals surface area contributed by atoms with Gasteiger partial charge in [-0.05, 0) is 44.2 Å². The van der Waals surface area contributed by atoms with Crippen molar-refractivity contribution in [2.75, 3.05) is 20.3 Å². The Morgan fingerprint density at radius 3 is 2.95 bits per heavy atom. The number of aliphatic imine (C=N–C) groups is 1. The van der Waals surface area contributed by atoms with Crippen LogP contribution < -0.4 is 11.1 Å². The van der Waals surface area contributed by atoms with Crippen LogP contribution in [0, 0.1) is 23.6 Å². The van der Waals surface area contributed by atoms with Crippen molar-refractivity contribution in [3.05, 3.63) is 53.9 Å². The van der Waals surface area contributed by atoms with Gasteiger partial charge < -0.3 is 25.3 Å². The van der Waals surface area contributed by atoms with Gasteiger partial charge >= 0.3 is 0 Å². The number of fused-ring (bicyclic) bond motifs is 2. The summed E-state index contributed by atoms with van der Waals surface area (Å²) >= 11 is 0. The molecule has 4 heterocycles. The van der Waals surface area contributed by atoms with Gasteiger partial charge in [-0.25, -0.2) is 19.4 Å². The molecule has 2 fully saturated rings. The number of nitrogens with zero attached hydrogens (tertiary/aromatic N) is 6. The lowest BCUT2D eigenvalue weighted by molar-refractivity contribution is -0.127. The standard InChI is InChI=1S/C27H29FN8O2/c1-4-24(37)34-12-17(10-19(34)13-38-3)27(2)33-21(25-26(29)30-14-32-36(25)27)8-5-16-9-22-23(11-20(16)28)35(15-31-22)18-6-7-18/h4,9,11,14-15,17-19,33H,1,6-7,10,12-13H2,2-3H3,(H2,29,30,32)/t17-,19-,27?/m1/s1. The molecule has 1 aromatic carbocycles. The molecule has 11 heteroatoms. The molecule has 0 radical (unpaired) electrons. The minimum absolute atomic E-state index is 0.0524. The van der Waals surface area contributed by atoms with E-state index in [0.717, 1.165) is 18.4 Å². The number of halogens is 1. The number of amidine groups is 1. The van der Waals surface area contributed by atoms with E-state index in [-0.39, 0.29) is 29.3 Å². The van der Waals surface area contributed by atoms with Crippen LogP contribution in [0.15, 0.2) is 52.6 Å². The van der Waals surface area contributed by atoms with E-state index < -0.39 is 11.5 Å². The molecule has 0 spiro atoms. The molecule has 196 valence electrons. The molecular weight excluding hydrogens is 487 g/mol. The van der Waals surface area contributed by atoms with Gasteiger partial charge in [0.25, 0.3) is 0 Å². The lowest BCUT2D eigenvalue weighted by Gasteiger charge is -2.39. The second kappa shape index (κ2) is 8.99. The quantitative estimate of drug-likeness (QED) is 0.465. The van der Waals surface area contributed by atoms with E-state index >= 15 is 4.39 Å². The van der Waals surface area contributed by atoms with E-state index in [0.29, 0.717) is 42.5 Å². The highest BCUT2D eigenvalue weighted by Gasteiger charge is 2.53. The maximum absolute atomic E-state index is 15.1. The topological polar surface area (TPSA) is 113 Å². The first-order valence-corrected chi connectivity index (χ1v) is 12.6. The minimum atomic E-state index is -0.760. The van der Waals surface area contributed by atoms with Gasteiger partial charge in [0.2, 0.25) is 5.91 Å².